The molecule has 1 rings (SSSR count). The van der Waals surface area contributed by atoms with Gasteiger partial charge in [0.25, 0.3) is 0 Å². The number of nitrogens with zero attached hydrogens (tertiary/aromatic N) is 2. The van der Waals surface area contributed by atoms with E-state index >= 15 is 0 Å². The fourth-order valence-corrected chi connectivity index (χ4v) is 1.24. The maximum Gasteiger partial charge on any atom is 0.205 e. The third-order valence-corrected chi connectivity index (χ3v) is 1.90. The molecule has 1 heterocycles. The average molecular weight is 241 g/mol. The summed E-state index contributed by atoms with van der Waals surface area (Å²) < 4.78 is 0.623. The second-order valence-electron chi connectivity index (χ2n) is 2.81. The SMILES string of the molecule is CC(C)=CC(=O)c1ncncc1Br. The van der Waals surface area contributed by atoms with E-state index in [1.165, 1.54) is 6.33 Å². The van der Waals surface area contributed by atoms with Gasteiger partial charge in [0, 0.05) is 6.20 Å². The molecule has 0 aliphatic heterocycles. The Morgan fingerprint density at radius 2 is 2.23 bits per heavy atom. The summed E-state index contributed by atoms with van der Waals surface area (Å²) in [7, 11) is 0. The monoisotopic (exact) mass is 240 g/mol. The summed E-state index contributed by atoms with van der Waals surface area (Å²) in [6.45, 7) is 3.74. The maximum absolute atomic E-state index is 11.5. The van der Waals surface area contributed by atoms with Crippen molar-refractivity contribution in [1.29, 1.82) is 0 Å². The topological polar surface area (TPSA) is 42.9 Å². The number of allylic oxidation sites excluding steroid dienone is 2. The number of hydrogen-bond acceptors (Lipinski definition) is 3. The van der Waals surface area contributed by atoms with Crippen LogP contribution in [-0.2, 0) is 0 Å². The van der Waals surface area contributed by atoms with Crippen LogP contribution in [0.25, 0.3) is 0 Å². The van der Waals surface area contributed by atoms with Crippen molar-refractivity contribution >= 4 is 21.7 Å². The van der Waals surface area contributed by atoms with Gasteiger partial charge < -0.3 is 0 Å². The Bertz CT molecular complexity index is 356. The lowest BCUT2D eigenvalue weighted by Crippen LogP contribution is -2.00. The minimum Gasteiger partial charge on any atom is -0.287 e. The molecule has 0 spiro atoms. The van der Waals surface area contributed by atoms with Crippen LogP contribution in [0.4, 0.5) is 0 Å². The third kappa shape index (κ3) is 2.73. The predicted molar refractivity (Wildman–Crippen MR) is 53.5 cm³/mol. The van der Waals surface area contributed by atoms with Gasteiger partial charge in [-0.3, -0.25) is 4.79 Å². The molecule has 3 nitrogen and oxygen atoms in total. The molecule has 0 atom stereocenters. The van der Waals surface area contributed by atoms with Crippen molar-refractivity contribution in [3.63, 3.8) is 0 Å². The number of halogens is 1. The smallest absolute Gasteiger partial charge is 0.205 e. The van der Waals surface area contributed by atoms with Crippen LogP contribution in [0.3, 0.4) is 0 Å². The first-order chi connectivity index (χ1) is 6.11. The van der Waals surface area contributed by atoms with E-state index in [2.05, 4.69) is 25.9 Å². The van der Waals surface area contributed by atoms with Crippen molar-refractivity contribution in [2.24, 2.45) is 0 Å². The molecular weight excluding hydrogens is 232 g/mol. The minimum atomic E-state index is -0.103. The zero-order chi connectivity index (χ0) is 9.84. The molecule has 0 fully saturated rings. The number of ketones is 1. The summed E-state index contributed by atoms with van der Waals surface area (Å²) in [6.07, 6.45) is 4.46. The molecule has 1 aromatic heterocycles. The predicted octanol–water partition coefficient (Wildman–Crippen LogP) is 2.39. The van der Waals surface area contributed by atoms with Gasteiger partial charge in [-0.25, -0.2) is 9.97 Å². The molecule has 0 aliphatic rings. The highest BCUT2D eigenvalue weighted by atomic mass is 79.9. The van der Waals surface area contributed by atoms with Gasteiger partial charge in [-0.05, 0) is 35.9 Å². The Morgan fingerprint density at radius 1 is 1.54 bits per heavy atom. The van der Waals surface area contributed by atoms with Crippen molar-refractivity contribution < 1.29 is 4.79 Å². The first kappa shape index (κ1) is 10.1. The molecule has 68 valence electrons. The summed E-state index contributed by atoms with van der Waals surface area (Å²) in [5.74, 6) is -0.103. The number of carbonyl (C=O) groups excluding carboxylic acids is 1. The second kappa shape index (κ2) is 4.28. The summed E-state index contributed by atoms with van der Waals surface area (Å²) in [4.78, 5) is 19.1. The molecule has 0 radical (unpaired) electrons. The Balaban J connectivity index is 3.03. The third-order valence-electron chi connectivity index (χ3n) is 1.32. The largest absolute Gasteiger partial charge is 0.287 e. The van der Waals surface area contributed by atoms with Gasteiger partial charge in [-0.2, -0.15) is 0 Å². The average Bonchev–Trinajstić information content (AvgIpc) is 2.03. The fraction of sp³-hybridized carbons (Fsp3) is 0.222. The fourth-order valence-electron chi connectivity index (χ4n) is 0.825. The van der Waals surface area contributed by atoms with Crippen LogP contribution >= 0.6 is 15.9 Å². The van der Waals surface area contributed by atoms with Crippen molar-refractivity contribution in [2.45, 2.75) is 13.8 Å². The zero-order valence-corrected chi connectivity index (χ0v) is 9.00. The lowest BCUT2D eigenvalue weighted by Gasteiger charge is -1.97. The molecule has 1 aromatic rings. The van der Waals surface area contributed by atoms with Gasteiger partial charge in [-0.1, -0.05) is 5.57 Å². The van der Waals surface area contributed by atoms with Crippen molar-refractivity contribution in [1.82, 2.24) is 9.97 Å². The molecule has 13 heavy (non-hydrogen) atoms. The van der Waals surface area contributed by atoms with Crippen molar-refractivity contribution in [3.8, 4) is 0 Å². The van der Waals surface area contributed by atoms with Crippen LogP contribution in [0.1, 0.15) is 24.3 Å². The van der Waals surface area contributed by atoms with Gasteiger partial charge >= 0.3 is 0 Å². The van der Waals surface area contributed by atoms with E-state index in [4.69, 9.17) is 0 Å². The van der Waals surface area contributed by atoms with Crippen LogP contribution in [0.5, 0.6) is 0 Å². The van der Waals surface area contributed by atoms with E-state index in [1.54, 1.807) is 12.3 Å². The number of hydrogen-bond donors (Lipinski definition) is 0. The van der Waals surface area contributed by atoms with Crippen LogP contribution in [-0.4, -0.2) is 15.8 Å². The molecule has 0 saturated heterocycles. The van der Waals surface area contributed by atoms with Gasteiger partial charge in [0.1, 0.15) is 12.0 Å². The first-order valence-electron chi connectivity index (χ1n) is 3.76. The number of aromatic nitrogens is 2. The van der Waals surface area contributed by atoms with Gasteiger partial charge in [0.05, 0.1) is 4.47 Å². The summed E-state index contributed by atoms with van der Waals surface area (Å²) in [5.41, 5.74) is 1.35. The van der Waals surface area contributed by atoms with Gasteiger partial charge in [0.2, 0.25) is 5.78 Å². The zero-order valence-electron chi connectivity index (χ0n) is 7.41. The Morgan fingerprint density at radius 3 is 2.77 bits per heavy atom. The van der Waals surface area contributed by atoms with E-state index in [9.17, 15) is 4.79 Å². The van der Waals surface area contributed by atoms with E-state index in [-0.39, 0.29) is 5.78 Å². The highest BCUT2D eigenvalue weighted by Crippen LogP contribution is 2.13. The standard InChI is InChI=1S/C9H9BrN2O/c1-6(2)3-8(13)9-7(10)4-11-5-12-9/h3-5H,1-2H3. The van der Waals surface area contributed by atoms with Crippen molar-refractivity contribution in [3.05, 3.63) is 34.3 Å². The van der Waals surface area contributed by atoms with Gasteiger partial charge in [0.15, 0.2) is 0 Å². The van der Waals surface area contributed by atoms with E-state index < -0.39 is 0 Å². The Labute approximate surface area is 85.0 Å². The molecule has 0 aromatic carbocycles. The van der Waals surface area contributed by atoms with Crippen molar-refractivity contribution in [2.75, 3.05) is 0 Å². The van der Waals surface area contributed by atoms with E-state index in [0.29, 0.717) is 10.2 Å². The molecule has 0 aliphatic carbocycles. The molecule has 0 N–H and O–H groups in total. The van der Waals surface area contributed by atoms with Crippen LogP contribution in [0.15, 0.2) is 28.6 Å². The van der Waals surface area contributed by atoms with Gasteiger partial charge in [-0.15, -0.1) is 0 Å². The van der Waals surface area contributed by atoms with E-state index in [1.807, 2.05) is 13.8 Å². The quantitative estimate of drug-likeness (QED) is 0.589. The maximum atomic E-state index is 11.5. The number of rotatable bonds is 2. The lowest BCUT2D eigenvalue weighted by atomic mass is 10.2. The molecule has 4 heteroatoms. The minimum absolute atomic E-state index is 0.103. The molecular formula is C9H9BrN2O. The summed E-state index contributed by atoms with van der Waals surface area (Å²) in [6, 6.07) is 0. The highest BCUT2D eigenvalue weighted by molar-refractivity contribution is 9.10. The van der Waals surface area contributed by atoms with E-state index in [0.717, 1.165) is 5.57 Å². The second-order valence-corrected chi connectivity index (χ2v) is 3.66. The van der Waals surface area contributed by atoms with Crippen LogP contribution in [0.2, 0.25) is 0 Å². The molecule has 0 saturated carbocycles. The molecule has 0 amide bonds. The number of carbonyl (C=O) groups is 1. The summed E-state index contributed by atoms with van der Waals surface area (Å²) >= 11 is 3.21. The normalized spacial score (nSPS) is 9.46. The Kier molecular flexibility index (Phi) is 3.31. The molecule has 0 unspecified atom stereocenters. The first-order valence-corrected chi connectivity index (χ1v) is 4.55. The highest BCUT2D eigenvalue weighted by Gasteiger charge is 2.07. The summed E-state index contributed by atoms with van der Waals surface area (Å²) in [5, 5.41) is 0. The lowest BCUT2D eigenvalue weighted by molar-refractivity contribution is 0.104. The molecule has 0 bridgehead atoms. The van der Waals surface area contributed by atoms with Crippen LogP contribution in [0, 0.1) is 0 Å². The Hall–Kier alpha value is -1.03. The van der Waals surface area contributed by atoms with Crippen LogP contribution < -0.4 is 0 Å².